The lowest BCUT2D eigenvalue weighted by molar-refractivity contribution is -0.123. The molecule has 4 aliphatic rings. The van der Waals surface area contributed by atoms with Crippen molar-refractivity contribution in [3.8, 4) is 0 Å². The van der Waals surface area contributed by atoms with E-state index in [0.29, 0.717) is 34.2 Å². The molecule has 2 N–H and O–H groups in total. The van der Waals surface area contributed by atoms with Crippen molar-refractivity contribution in [3.63, 3.8) is 0 Å². The molecule has 0 heterocycles. The van der Waals surface area contributed by atoms with Crippen LogP contribution in [0.4, 0.5) is 0 Å². The molecule has 4 bridgehead atoms. The van der Waals surface area contributed by atoms with E-state index in [1.54, 1.807) is 31.2 Å². The summed E-state index contributed by atoms with van der Waals surface area (Å²) in [4.78, 5) is 24.6. The van der Waals surface area contributed by atoms with Gasteiger partial charge in [0.2, 0.25) is 5.91 Å². The molecule has 0 spiro atoms. The molecule has 4 aliphatic carbocycles. The van der Waals surface area contributed by atoms with Crippen LogP contribution < -0.4 is 10.7 Å². The topological polar surface area (TPSA) is 70.6 Å². The molecular formula is C21H26ClN3O2. The van der Waals surface area contributed by atoms with Gasteiger partial charge >= 0.3 is 0 Å². The zero-order valence-corrected chi connectivity index (χ0v) is 16.3. The second kappa shape index (κ2) is 7.63. The average molecular weight is 388 g/mol. The normalized spacial score (nSPS) is 31.6. The Balaban J connectivity index is 1.30. The molecule has 144 valence electrons. The highest BCUT2D eigenvalue weighted by atomic mass is 35.5. The third-order valence-electron chi connectivity index (χ3n) is 6.44. The molecule has 5 rings (SSSR count). The summed E-state index contributed by atoms with van der Waals surface area (Å²) in [6.45, 7) is 1.75. The largest absolute Gasteiger partial charge is 0.352 e. The van der Waals surface area contributed by atoms with E-state index in [1.165, 1.54) is 32.1 Å². The molecule has 27 heavy (non-hydrogen) atoms. The van der Waals surface area contributed by atoms with Crippen LogP contribution in [0.1, 0.15) is 55.8 Å². The second-order valence-electron chi connectivity index (χ2n) is 8.47. The number of nitrogens with one attached hydrogen (secondary N) is 2. The van der Waals surface area contributed by atoms with E-state index in [4.69, 9.17) is 11.6 Å². The molecule has 2 amide bonds. The van der Waals surface area contributed by atoms with Crippen LogP contribution in [0.3, 0.4) is 0 Å². The predicted octanol–water partition coefficient (Wildman–Crippen LogP) is 3.78. The summed E-state index contributed by atoms with van der Waals surface area (Å²) < 4.78 is 0. The summed E-state index contributed by atoms with van der Waals surface area (Å²) in [5, 5.41) is 7.71. The minimum absolute atomic E-state index is 0.000663. The third kappa shape index (κ3) is 4.03. The number of hydrogen-bond acceptors (Lipinski definition) is 3. The quantitative estimate of drug-likeness (QED) is 0.596. The zero-order valence-electron chi connectivity index (χ0n) is 15.6. The maximum Gasteiger partial charge on any atom is 0.272 e. The number of benzene rings is 1. The lowest BCUT2D eigenvalue weighted by atomic mass is 9.54. The summed E-state index contributed by atoms with van der Waals surface area (Å²) in [6.07, 6.45) is 6.71. The first-order chi connectivity index (χ1) is 13.0. The highest BCUT2D eigenvalue weighted by Crippen LogP contribution is 2.53. The van der Waals surface area contributed by atoms with Crippen molar-refractivity contribution >= 4 is 29.1 Å². The summed E-state index contributed by atoms with van der Waals surface area (Å²) in [6, 6.07) is 7.14. The molecule has 0 aliphatic heterocycles. The van der Waals surface area contributed by atoms with Crippen molar-refractivity contribution in [1.29, 1.82) is 0 Å². The first kappa shape index (κ1) is 18.5. The van der Waals surface area contributed by atoms with Gasteiger partial charge in [-0.05, 0) is 74.8 Å². The van der Waals surface area contributed by atoms with E-state index in [9.17, 15) is 9.59 Å². The van der Waals surface area contributed by atoms with Crippen molar-refractivity contribution in [2.75, 3.05) is 0 Å². The minimum atomic E-state index is -0.374. The van der Waals surface area contributed by atoms with Crippen LogP contribution >= 0.6 is 11.6 Å². The maximum atomic E-state index is 12.5. The molecule has 5 nitrogen and oxygen atoms in total. The number of nitrogens with zero attached hydrogens (tertiary/aromatic N) is 1. The molecule has 4 saturated carbocycles. The van der Waals surface area contributed by atoms with E-state index >= 15 is 0 Å². The maximum absolute atomic E-state index is 12.5. The number of hydrazone groups is 1. The predicted molar refractivity (Wildman–Crippen MR) is 106 cm³/mol. The van der Waals surface area contributed by atoms with Gasteiger partial charge in [0.25, 0.3) is 5.91 Å². The number of amides is 2. The van der Waals surface area contributed by atoms with Gasteiger partial charge < -0.3 is 5.32 Å². The van der Waals surface area contributed by atoms with E-state index in [-0.39, 0.29) is 18.2 Å². The Kier molecular flexibility index (Phi) is 5.22. The van der Waals surface area contributed by atoms with Gasteiger partial charge in [0.05, 0.1) is 17.0 Å². The lowest BCUT2D eigenvalue weighted by Crippen LogP contribution is -2.56. The SMILES string of the molecule is C/C(CC(=O)NC1C2CC3CC(C2)CC1C3)=N/NC(=O)c1ccccc1Cl. The zero-order chi connectivity index (χ0) is 19.0. The van der Waals surface area contributed by atoms with Crippen molar-refractivity contribution in [1.82, 2.24) is 10.7 Å². The number of hydrogen-bond donors (Lipinski definition) is 2. The van der Waals surface area contributed by atoms with Gasteiger partial charge in [-0.2, -0.15) is 5.10 Å². The van der Waals surface area contributed by atoms with E-state index in [2.05, 4.69) is 15.8 Å². The van der Waals surface area contributed by atoms with E-state index in [1.807, 2.05) is 0 Å². The van der Waals surface area contributed by atoms with Crippen molar-refractivity contribution in [2.45, 2.75) is 51.5 Å². The van der Waals surface area contributed by atoms with Crippen molar-refractivity contribution in [2.24, 2.45) is 28.8 Å². The van der Waals surface area contributed by atoms with Crippen LogP contribution in [-0.4, -0.2) is 23.6 Å². The van der Waals surface area contributed by atoms with E-state index in [0.717, 1.165) is 11.8 Å². The van der Waals surface area contributed by atoms with Crippen LogP contribution in [0.25, 0.3) is 0 Å². The van der Waals surface area contributed by atoms with Crippen LogP contribution in [0.5, 0.6) is 0 Å². The van der Waals surface area contributed by atoms with Crippen LogP contribution in [0, 0.1) is 23.7 Å². The molecular weight excluding hydrogens is 362 g/mol. The Hall–Kier alpha value is -1.88. The van der Waals surface area contributed by atoms with Crippen LogP contribution in [0.15, 0.2) is 29.4 Å². The van der Waals surface area contributed by atoms with Gasteiger partial charge in [-0.1, -0.05) is 23.7 Å². The molecule has 4 fully saturated rings. The Bertz CT molecular complexity index is 748. The third-order valence-corrected chi connectivity index (χ3v) is 6.77. The Morgan fingerprint density at radius 2 is 1.70 bits per heavy atom. The van der Waals surface area contributed by atoms with Gasteiger partial charge in [0.1, 0.15) is 0 Å². The number of carbonyl (C=O) groups excluding carboxylic acids is 2. The van der Waals surface area contributed by atoms with Crippen molar-refractivity contribution in [3.05, 3.63) is 34.9 Å². The highest BCUT2D eigenvalue weighted by Gasteiger charge is 2.48. The van der Waals surface area contributed by atoms with Gasteiger partial charge in [-0.15, -0.1) is 0 Å². The van der Waals surface area contributed by atoms with Gasteiger partial charge in [-0.3, -0.25) is 9.59 Å². The van der Waals surface area contributed by atoms with Crippen molar-refractivity contribution < 1.29 is 9.59 Å². The fourth-order valence-electron chi connectivity index (χ4n) is 5.52. The molecule has 6 heteroatoms. The monoisotopic (exact) mass is 387 g/mol. The molecule has 0 unspecified atom stereocenters. The Morgan fingerprint density at radius 1 is 1.07 bits per heavy atom. The molecule has 0 radical (unpaired) electrons. The first-order valence-electron chi connectivity index (χ1n) is 9.87. The fraction of sp³-hybridized carbons (Fsp3) is 0.571. The summed E-state index contributed by atoms with van der Waals surface area (Å²) >= 11 is 6.01. The number of carbonyl (C=O) groups is 2. The Labute approximate surface area is 164 Å². The molecule has 1 aromatic rings. The summed E-state index contributed by atoms with van der Waals surface area (Å²) in [5.74, 6) is 2.72. The lowest BCUT2D eigenvalue weighted by Gasteiger charge is -2.54. The minimum Gasteiger partial charge on any atom is -0.352 e. The number of halogens is 1. The van der Waals surface area contributed by atoms with Gasteiger partial charge in [0, 0.05) is 11.8 Å². The molecule has 0 saturated heterocycles. The van der Waals surface area contributed by atoms with Crippen LogP contribution in [0.2, 0.25) is 5.02 Å². The van der Waals surface area contributed by atoms with Gasteiger partial charge in [-0.25, -0.2) is 5.43 Å². The molecule has 0 aromatic heterocycles. The standard InChI is InChI=1S/C21H26ClN3O2/c1-12(24-25-21(27)17-4-2-3-5-18(17)22)6-19(26)23-20-15-8-13-7-14(10-15)11-16(20)9-13/h2-5,13-16,20H,6-11H2,1H3,(H,23,26)(H,25,27)/b24-12-. The summed E-state index contributed by atoms with van der Waals surface area (Å²) in [5.41, 5.74) is 3.43. The molecule has 1 aromatic carbocycles. The first-order valence-corrected chi connectivity index (χ1v) is 10.2. The number of rotatable bonds is 5. The van der Waals surface area contributed by atoms with Crippen LogP contribution in [-0.2, 0) is 4.79 Å². The Morgan fingerprint density at radius 3 is 2.33 bits per heavy atom. The second-order valence-corrected chi connectivity index (χ2v) is 8.88. The highest BCUT2D eigenvalue weighted by molar-refractivity contribution is 6.33. The van der Waals surface area contributed by atoms with E-state index < -0.39 is 0 Å². The fourth-order valence-corrected chi connectivity index (χ4v) is 5.74. The summed E-state index contributed by atoms with van der Waals surface area (Å²) in [7, 11) is 0. The smallest absolute Gasteiger partial charge is 0.272 e. The van der Waals surface area contributed by atoms with Gasteiger partial charge in [0.15, 0.2) is 0 Å². The molecule has 0 atom stereocenters. The average Bonchev–Trinajstić information content (AvgIpc) is 2.62.